The lowest BCUT2D eigenvalue weighted by Crippen LogP contribution is -2.24. The van der Waals surface area contributed by atoms with E-state index >= 15 is 0 Å². The third kappa shape index (κ3) is 4.52. The molecular weight excluding hydrogens is 326 g/mol. The highest BCUT2D eigenvalue weighted by atomic mass is 35.5. The molecule has 0 heterocycles. The number of carbonyl (C=O) groups is 1. The van der Waals surface area contributed by atoms with E-state index in [9.17, 15) is 4.79 Å². The summed E-state index contributed by atoms with van der Waals surface area (Å²) in [5.41, 5.74) is 1.80. The molecule has 1 amide bonds. The monoisotopic (exact) mass is 345 g/mol. The van der Waals surface area contributed by atoms with Gasteiger partial charge >= 0.3 is 0 Å². The zero-order chi connectivity index (χ0) is 17.5. The molecule has 0 spiro atoms. The number of likely N-dealkylation sites (N-methyl/N-ethyl adjacent to an activating group) is 1. The van der Waals surface area contributed by atoms with Crippen LogP contribution < -0.4 is 9.47 Å². The van der Waals surface area contributed by atoms with Gasteiger partial charge in [-0.15, -0.1) is 0 Å². The molecule has 0 fully saturated rings. The van der Waals surface area contributed by atoms with Crippen LogP contribution in [0.25, 0.3) is 6.08 Å². The van der Waals surface area contributed by atoms with Crippen LogP contribution in [0.4, 0.5) is 0 Å². The highest BCUT2D eigenvalue weighted by Crippen LogP contribution is 2.31. The average molecular weight is 346 g/mol. The second-order valence-electron chi connectivity index (χ2n) is 5.23. The van der Waals surface area contributed by atoms with Gasteiger partial charge in [0.25, 0.3) is 0 Å². The molecule has 2 rings (SSSR count). The van der Waals surface area contributed by atoms with Crippen LogP contribution in [0.1, 0.15) is 11.1 Å². The summed E-state index contributed by atoms with van der Waals surface area (Å²) in [6.45, 7) is 0.421. The van der Waals surface area contributed by atoms with E-state index in [-0.39, 0.29) is 5.91 Å². The predicted molar refractivity (Wildman–Crippen MR) is 96.5 cm³/mol. The maximum Gasteiger partial charge on any atom is 0.246 e. The Morgan fingerprint density at radius 1 is 1.12 bits per heavy atom. The van der Waals surface area contributed by atoms with Gasteiger partial charge in [-0.05, 0) is 29.8 Å². The van der Waals surface area contributed by atoms with E-state index < -0.39 is 0 Å². The molecule has 0 unspecified atom stereocenters. The number of nitrogens with zero attached hydrogens (tertiary/aromatic N) is 1. The lowest BCUT2D eigenvalue weighted by Gasteiger charge is -2.18. The summed E-state index contributed by atoms with van der Waals surface area (Å²) in [6, 6.07) is 12.9. The Labute approximate surface area is 147 Å². The molecule has 4 nitrogen and oxygen atoms in total. The van der Waals surface area contributed by atoms with Crippen LogP contribution in [0.5, 0.6) is 11.5 Å². The van der Waals surface area contributed by atoms with Crippen molar-refractivity contribution in [3.8, 4) is 11.5 Å². The molecule has 0 radical (unpaired) electrons. The molecule has 0 saturated heterocycles. The van der Waals surface area contributed by atoms with Crippen LogP contribution in [0, 0.1) is 0 Å². The van der Waals surface area contributed by atoms with Crippen molar-refractivity contribution in [2.75, 3.05) is 21.3 Å². The van der Waals surface area contributed by atoms with Gasteiger partial charge in [0.15, 0.2) is 11.5 Å². The molecule has 126 valence electrons. The average Bonchev–Trinajstić information content (AvgIpc) is 2.60. The molecule has 2 aromatic rings. The molecule has 0 aromatic heterocycles. The molecule has 24 heavy (non-hydrogen) atoms. The molecule has 5 heteroatoms. The Balaban J connectivity index is 2.08. The van der Waals surface area contributed by atoms with E-state index in [1.165, 1.54) is 6.08 Å². The summed E-state index contributed by atoms with van der Waals surface area (Å²) in [5, 5.41) is 0.667. The molecule has 0 aliphatic rings. The highest BCUT2D eigenvalue weighted by Gasteiger charge is 2.13. The fourth-order valence-electron chi connectivity index (χ4n) is 2.28. The van der Waals surface area contributed by atoms with Crippen molar-refractivity contribution in [2.45, 2.75) is 6.54 Å². The molecule has 0 N–H and O–H groups in total. The van der Waals surface area contributed by atoms with Crippen molar-refractivity contribution in [3.05, 3.63) is 64.7 Å². The first-order valence-corrected chi connectivity index (χ1v) is 7.81. The smallest absolute Gasteiger partial charge is 0.246 e. The fourth-order valence-corrected chi connectivity index (χ4v) is 2.41. The normalized spacial score (nSPS) is 10.7. The first-order chi connectivity index (χ1) is 11.5. The Morgan fingerprint density at radius 2 is 1.83 bits per heavy atom. The summed E-state index contributed by atoms with van der Waals surface area (Å²) < 4.78 is 10.7. The van der Waals surface area contributed by atoms with Gasteiger partial charge < -0.3 is 14.4 Å². The number of ether oxygens (including phenoxy) is 2. The van der Waals surface area contributed by atoms with Crippen molar-refractivity contribution in [1.82, 2.24) is 4.90 Å². The number of rotatable bonds is 6. The molecule has 0 aliphatic carbocycles. The largest absolute Gasteiger partial charge is 0.493 e. The third-order valence-electron chi connectivity index (χ3n) is 3.56. The minimum atomic E-state index is -0.102. The number of carbonyl (C=O) groups excluding carboxylic acids is 1. The number of hydrogen-bond acceptors (Lipinski definition) is 3. The molecule has 0 atom stereocenters. The van der Waals surface area contributed by atoms with Gasteiger partial charge in [-0.25, -0.2) is 0 Å². The summed E-state index contributed by atoms with van der Waals surface area (Å²) in [6.07, 6.45) is 3.30. The predicted octanol–water partition coefficient (Wildman–Crippen LogP) is 4.03. The van der Waals surface area contributed by atoms with Gasteiger partial charge in [0.1, 0.15) is 0 Å². The number of methoxy groups -OCH3 is 2. The Bertz CT molecular complexity index is 726. The van der Waals surface area contributed by atoms with Crippen LogP contribution in [-0.4, -0.2) is 32.1 Å². The maximum absolute atomic E-state index is 12.3. The number of benzene rings is 2. The Hall–Kier alpha value is -2.46. The van der Waals surface area contributed by atoms with E-state index in [1.807, 2.05) is 30.3 Å². The minimum Gasteiger partial charge on any atom is -0.493 e. The highest BCUT2D eigenvalue weighted by molar-refractivity contribution is 6.30. The van der Waals surface area contributed by atoms with Gasteiger partial charge in [0, 0.05) is 30.3 Å². The van der Waals surface area contributed by atoms with Crippen LogP contribution in [-0.2, 0) is 11.3 Å². The maximum atomic E-state index is 12.3. The lowest BCUT2D eigenvalue weighted by molar-refractivity contribution is -0.125. The number of amides is 1. The topological polar surface area (TPSA) is 38.8 Å². The SMILES string of the molecule is COc1cccc(CN(C)C(=O)C=Cc2ccc(Cl)cc2)c1OC. The van der Waals surface area contributed by atoms with E-state index in [4.69, 9.17) is 21.1 Å². The van der Waals surface area contributed by atoms with E-state index in [1.54, 1.807) is 44.4 Å². The summed E-state index contributed by atoms with van der Waals surface area (Å²) >= 11 is 5.85. The van der Waals surface area contributed by atoms with E-state index in [2.05, 4.69) is 0 Å². The van der Waals surface area contributed by atoms with Crippen molar-refractivity contribution in [3.63, 3.8) is 0 Å². The molecule has 2 aromatic carbocycles. The van der Waals surface area contributed by atoms with Gasteiger partial charge in [-0.2, -0.15) is 0 Å². The number of para-hydroxylation sites is 1. The Morgan fingerprint density at radius 3 is 2.46 bits per heavy atom. The quantitative estimate of drug-likeness (QED) is 0.742. The molecule has 0 aliphatic heterocycles. The van der Waals surface area contributed by atoms with Gasteiger partial charge in [-0.3, -0.25) is 4.79 Å². The van der Waals surface area contributed by atoms with Crippen molar-refractivity contribution in [1.29, 1.82) is 0 Å². The third-order valence-corrected chi connectivity index (χ3v) is 3.81. The van der Waals surface area contributed by atoms with E-state index in [0.717, 1.165) is 11.1 Å². The molecule has 0 bridgehead atoms. The second kappa shape index (κ2) is 8.41. The number of hydrogen-bond donors (Lipinski definition) is 0. The lowest BCUT2D eigenvalue weighted by atomic mass is 10.1. The van der Waals surface area contributed by atoms with Gasteiger partial charge in [0.05, 0.1) is 14.2 Å². The Kier molecular flexibility index (Phi) is 6.27. The van der Waals surface area contributed by atoms with Gasteiger partial charge in [0.2, 0.25) is 5.91 Å². The molecule has 0 saturated carbocycles. The van der Waals surface area contributed by atoms with Crippen LogP contribution in [0.3, 0.4) is 0 Å². The van der Waals surface area contributed by atoms with Crippen LogP contribution in [0.2, 0.25) is 5.02 Å². The first kappa shape index (κ1) is 17.9. The summed E-state index contributed by atoms with van der Waals surface area (Å²) in [4.78, 5) is 13.9. The zero-order valence-electron chi connectivity index (χ0n) is 14.0. The summed E-state index contributed by atoms with van der Waals surface area (Å²) in [7, 11) is 4.92. The van der Waals surface area contributed by atoms with Crippen LogP contribution in [0.15, 0.2) is 48.5 Å². The number of halogens is 1. The van der Waals surface area contributed by atoms with Crippen molar-refractivity contribution >= 4 is 23.6 Å². The van der Waals surface area contributed by atoms with Crippen molar-refractivity contribution < 1.29 is 14.3 Å². The standard InChI is InChI=1S/C19H20ClNO3/c1-21(13-15-5-4-6-17(23-2)19(15)24-3)18(22)12-9-14-7-10-16(20)11-8-14/h4-12H,13H2,1-3H3. The minimum absolute atomic E-state index is 0.102. The van der Waals surface area contributed by atoms with Gasteiger partial charge in [-0.1, -0.05) is 35.9 Å². The van der Waals surface area contributed by atoms with Crippen molar-refractivity contribution in [2.24, 2.45) is 0 Å². The fraction of sp³-hybridized carbons (Fsp3) is 0.211. The summed E-state index contributed by atoms with van der Waals surface area (Å²) in [5.74, 6) is 1.18. The van der Waals surface area contributed by atoms with Crippen LogP contribution >= 0.6 is 11.6 Å². The first-order valence-electron chi connectivity index (χ1n) is 7.43. The van der Waals surface area contributed by atoms with E-state index in [0.29, 0.717) is 23.1 Å². The second-order valence-corrected chi connectivity index (χ2v) is 5.67. The zero-order valence-corrected chi connectivity index (χ0v) is 14.7. The molecular formula is C19H20ClNO3.